The number of likely N-dealkylation sites (tertiary alicyclic amines) is 1. The molecule has 132 valence electrons. The highest BCUT2D eigenvalue weighted by Gasteiger charge is 2.29. The molecular formula is C20H23FN2O2. The topological polar surface area (TPSA) is 42.3 Å². The average molecular weight is 342 g/mol. The van der Waals surface area contributed by atoms with Gasteiger partial charge < -0.3 is 9.47 Å². The van der Waals surface area contributed by atoms with Gasteiger partial charge in [0.1, 0.15) is 11.5 Å². The summed E-state index contributed by atoms with van der Waals surface area (Å²) in [5.41, 5.74) is 3.62. The number of rotatable bonds is 4. The molecular weight excluding hydrogens is 319 g/mol. The number of benzene rings is 1. The van der Waals surface area contributed by atoms with E-state index in [9.17, 15) is 14.0 Å². The zero-order valence-corrected chi connectivity index (χ0v) is 14.9. The number of halogens is 1. The zero-order chi connectivity index (χ0) is 18.1. The first-order chi connectivity index (χ1) is 11.9. The first-order valence-electron chi connectivity index (χ1n) is 8.64. The Hall–Kier alpha value is -2.43. The summed E-state index contributed by atoms with van der Waals surface area (Å²) in [7, 11) is 0. The van der Waals surface area contributed by atoms with E-state index in [0.29, 0.717) is 17.8 Å². The van der Waals surface area contributed by atoms with Crippen molar-refractivity contribution in [3.8, 4) is 0 Å². The fourth-order valence-corrected chi connectivity index (χ4v) is 3.73. The van der Waals surface area contributed by atoms with Crippen LogP contribution in [0.4, 0.5) is 4.39 Å². The van der Waals surface area contributed by atoms with E-state index in [1.165, 1.54) is 19.1 Å². The quantitative estimate of drug-likeness (QED) is 0.795. The van der Waals surface area contributed by atoms with Crippen LogP contribution in [0, 0.1) is 19.7 Å². The summed E-state index contributed by atoms with van der Waals surface area (Å²) in [5, 5.41) is 0. The summed E-state index contributed by atoms with van der Waals surface area (Å²) in [4.78, 5) is 27.0. The van der Waals surface area contributed by atoms with Crippen LogP contribution in [-0.2, 0) is 6.54 Å². The van der Waals surface area contributed by atoms with E-state index in [4.69, 9.17) is 0 Å². The van der Waals surface area contributed by atoms with Gasteiger partial charge in [0.25, 0.3) is 5.91 Å². The number of aromatic nitrogens is 1. The molecule has 4 nitrogen and oxygen atoms in total. The third-order valence-corrected chi connectivity index (χ3v) is 4.97. The van der Waals surface area contributed by atoms with Gasteiger partial charge in [-0.3, -0.25) is 9.59 Å². The van der Waals surface area contributed by atoms with Crippen molar-refractivity contribution in [3.63, 3.8) is 0 Å². The van der Waals surface area contributed by atoms with Crippen LogP contribution in [0.3, 0.4) is 0 Å². The van der Waals surface area contributed by atoms with Crippen LogP contribution in [0.15, 0.2) is 24.3 Å². The predicted octanol–water partition coefficient (Wildman–Crippen LogP) is 3.73. The monoisotopic (exact) mass is 342 g/mol. The number of hydrogen-bond donors (Lipinski definition) is 0. The second-order valence-electron chi connectivity index (χ2n) is 6.70. The van der Waals surface area contributed by atoms with Crippen LogP contribution >= 0.6 is 0 Å². The molecule has 1 aliphatic rings. The van der Waals surface area contributed by atoms with Gasteiger partial charge in [-0.1, -0.05) is 12.1 Å². The zero-order valence-electron chi connectivity index (χ0n) is 14.9. The van der Waals surface area contributed by atoms with Crippen molar-refractivity contribution in [2.24, 2.45) is 0 Å². The van der Waals surface area contributed by atoms with Crippen LogP contribution < -0.4 is 0 Å². The largest absolute Gasteiger partial charge is 0.337 e. The number of nitrogens with zero attached hydrogens (tertiary/aromatic N) is 2. The van der Waals surface area contributed by atoms with Crippen molar-refractivity contribution in [1.29, 1.82) is 0 Å². The van der Waals surface area contributed by atoms with Crippen LogP contribution in [-0.4, -0.2) is 34.2 Å². The Morgan fingerprint density at radius 3 is 2.24 bits per heavy atom. The molecule has 0 spiro atoms. The molecule has 0 N–H and O–H groups in total. The maximum absolute atomic E-state index is 13.2. The van der Waals surface area contributed by atoms with E-state index in [0.717, 1.165) is 42.8 Å². The number of carbonyl (C=O) groups excluding carboxylic acids is 2. The molecule has 0 aliphatic carbocycles. The molecule has 1 fully saturated rings. The second-order valence-corrected chi connectivity index (χ2v) is 6.70. The average Bonchev–Trinajstić information content (AvgIpc) is 3.17. The van der Waals surface area contributed by atoms with Gasteiger partial charge in [0.2, 0.25) is 0 Å². The molecule has 0 atom stereocenters. The van der Waals surface area contributed by atoms with E-state index in [1.807, 2.05) is 23.3 Å². The van der Waals surface area contributed by atoms with Gasteiger partial charge in [-0.05, 0) is 56.9 Å². The first-order valence-corrected chi connectivity index (χ1v) is 8.64. The lowest BCUT2D eigenvalue weighted by Crippen LogP contribution is -2.30. The number of hydrogen-bond acceptors (Lipinski definition) is 2. The Kier molecular flexibility index (Phi) is 4.75. The number of amides is 1. The Labute approximate surface area is 147 Å². The minimum absolute atomic E-state index is 0.0206. The smallest absolute Gasteiger partial charge is 0.270 e. The van der Waals surface area contributed by atoms with Gasteiger partial charge in [-0.15, -0.1) is 0 Å². The molecule has 2 aromatic rings. The number of carbonyl (C=O) groups is 2. The standard InChI is InChI=1S/C20H23FN2O2/c1-13-18(15(3)24)14(2)23(12-16-6-8-17(21)9-7-16)19(13)20(25)22-10-4-5-11-22/h6-9H,4-5,10-12H2,1-3H3. The normalized spacial score (nSPS) is 14.2. The molecule has 25 heavy (non-hydrogen) atoms. The molecule has 2 heterocycles. The number of ketones is 1. The predicted molar refractivity (Wildman–Crippen MR) is 94.6 cm³/mol. The lowest BCUT2D eigenvalue weighted by Gasteiger charge is -2.18. The van der Waals surface area contributed by atoms with Crippen molar-refractivity contribution >= 4 is 11.7 Å². The summed E-state index contributed by atoms with van der Waals surface area (Å²) < 4.78 is 15.1. The van der Waals surface area contributed by atoms with Crippen LogP contribution in [0.5, 0.6) is 0 Å². The molecule has 1 aromatic heterocycles. The van der Waals surface area contributed by atoms with Crippen LogP contribution in [0.2, 0.25) is 0 Å². The molecule has 0 radical (unpaired) electrons. The highest BCUT2D eigenvalue weighted by atomic mass is 19.1. The lowest BCUT2D eigenvalue weighted by molar-refractivity contribution is 0.0781. The first kappa shape index (κ1) is 17.4. The highest BCUT2D eigenvalue weighted by molar-refractivity contribution is 6.03. The molecule has 0 saturated carbocycles. The summed E-state index contributed by atoms with van der Waals surface area (Å²) in [6.45, 7) is 7.20. The third-order valence-electron chi connectivity index (χ3n) is 4.97. The Bertz CT molecular complexity index is 815. The van der Waals surface area contributed by atoms with E-state index < -0.39 is 0 Å². The molecule has 5 heteroatoms. The maximum atomic E-state index is 13.2. The van der Waals surface area contributed by atoms with Gasteiger partial charge in [0.05, 0.1) is 0 Å². The molecule has 0 unspecified atom stereocenters. The summed E-state index contributed by atoms with van der Waals surface area (Å²) in [5.74, 6) is -0.349. The van der Waals surface area contributed by atoms with Gasteiger partial charge >= 0.3 is 0 Å². The molecule has 1 aromatic carbocycles. The fourth-order valence-electron chi connectivity index (χ4n) is 3.73. The molecule has 3 rings (SSSR count). The SMILES string of the molecule is CC(=O)c1c(C)c(C(=O)N2CCCC2)n(Cc2ccc(F)cc2)c1C. The van der Waals surface area contributed by atoms with Gasteiger partial charge in [0.15, 0.2) is 5.78 Å². The minimum atomic E-state index is -0.290. The van der Waals surface area contributed by atoms with E-state index >= 15 is 0 Å². The molecule has 1 saturated heterocycles. The Morgan fingerprint density at radius 2 is 1.68 bits per heavy atom. The van der Waals surface area contributed by atoms with Crippen molar-refractivity contribution in [2.45, 2.75) is 40.2 Å². The van der Waals surface area contributed by atoms with Crippen molar-refractivity contribution in [3.05, 3.63) is 58.2 Å². The van der Waals surface area contributed by atoms with Crippen molar-refractivity contribution in [2.75, 3.05) is 13.1 Å². The summed E-state index contributed by atoms with van der Waals surface area (Å²) in [6, 6.07) is 6.24. The van der Waals surface area contributed by atoms with Crippen LogP contribution in [0.25, 0.3) is 0 Å². The van der Waals surface area contributed by atoms with Gasteiger partial charge in [0, 0.05) is 30.9 Å². The fraction of sp³-hybridized carbons (Fsp3) is 0.400. The Balaban J connectivity index is 2.08. The second kappa shape index (κ2) is 6.82. The summed E-state index contributed by atoms with van der Waals surface area (Å²) >= 11 is 0. The minimum Gasteiger partial charge on any atom is -0.337 e. The molecule has 1 aliphatic heterocycles. The van der Waals surface area contributed by atoms with Crippen LogP contribution in [0.1, 0.15) is 57.4 Å². The van der Waals surface area contributed by atoms with Crippen molar-refractivity contribution in [1.82, 2.24) is 9.47 Å². The van der Waals surface area contributed by atoms with Gasteiger partial charge in [-0.2, -0.15) is 0 Å². The lowest BCUT2D eigenvalue weighted by atomic mass is 10.1. The third kappa shape index (κ3) is 3.23. The number of Topliss-reactive ketones (excluding diaryl/α,β-unsaturated/α-hetero) is 1. The molecule has 0 bridgehead atoms. The van der Waals surface area contributed by atoms with E-state index in [1.54, 1.807) is 12.1 Å². The van der Waals surface area contributed by atoms with Crippen molar-refractivity contribution < 1.29 is 14.0 Å². The van der Waals surface area contributed by atoms with Gasteiger partial charge in [-0.25, -0.2) is 4.39 Å². The maximum Gasteiger partial charge on any atom is 0.270 e. The van der Waals surface area contributed by atoms with E-state index in [2.05, 4.69) is 0 Å². The van der Waals surface area contributed by atoms with E-state index in [-0.39, 0.29) is 17.5 Å². The Morgan fingerprint density at radius 1 is 1.08 bits per heavy atom. The highest BCUT2D eigenvalue weighted by Crippen LogP contribution is 2.26. The molecule has 1 amide bonds. The summed E-state index contributed by atoms with van der Waals surface area (Å²) in [6.07, 6.45) is 2.03.